The average Bonchev–Trinajstić information content (AvgIpc) is 2.57. The minimum absolute atomic E-state index is 0.0859. The van der Waals surface area contributed by atoms with Crippen molar-refractivity contribution in [3.63, 3.8) is 0 Å². The highest BCUT2D eigenvalue weighted by Crippen LogP contribution is 2.27. The largest absolute Gasteiger partial charge is 0.365 e. The third kappa shape index (κ3) is 5.28. The van der Waals surface area contributed by atoms with E-state index in [1.54, 1.807) is 12.1 Å². The van der Waals surface area contributed by atoms with Crippen molar-refractivity contribution in [3.05, 3.63) is 74.8 Å². The van der Waals surface area contributed by atoms with Gasteiger partial charge < -0.3 is 11.1 Å². The van der Waals surface area contributed by atoms with Gasteiger partial charge in [-0.2, -0.15) is 5.26 Å². The summed E-state index contributed by atoms with van der Waals surface area (Å²) in [5.74, 6) is -0.180. The van der Waals surface area contributed by atoms with Crippen LogP contribution in [0.25, 0.3) is 0 Å². The molecular formula is C19H18ClN3OS. The molecule has 0 aliphatic heterocycles. The van der Waals surface area contributed by atoms with Gasteiger partial charge in [-0.05, 0) is 54.8 Å². The summed E-state index contributed by atoms with van der Waals surface area (Å²) in [5.41, 5.74) is 9.38. The highest BCUT2D eigenvalue weighted by Gasteiger charge is 2.14. The van der Waals surface area contributed by atoms with Gasteiger partial charge in [0.2, 0.25) is 0 Å². The molecule has 128 valence electrons. The van der Waals surface area contributed by atoms with E-state index in [2.05, 4.69) is 5.32 Å². The van der Waals surface area contributed by atoms with Crippen molar-refractivity contribution in [1.82, 2.24) is 0 Å². The molecule has 0 spiro atoms. The topological polar surface area (TPSA) is 78.9 Å². The zero-order chi connectivity index (χ0) is 18.4. The zero-order valence-corrected chi connectivity index (χ0v) is 15.5. The molecular weight excluding hydrogens is 354 g/mol. The first-order chi connectivity index (χ1) is 11.9. The fourth-order valence-corrected chi connectivity index (χ4v) is 3.18. The van der Waals surface area contributed by atoms with E-state index in [0.717, 1.165) is 16.8 Å². The number of rotatable bonds is 6. The predicted octanol–water partition coefficient (Wildman–Crippen LogP) is 4.52. The SMILES string of the molecule is Cc1ccc(N/C(SCc2ccc(Cl)cc2)=C(/C#N)C(N)=O)cc1C. The molecule has 0 heterocycles. The number of nitrogens with one attached hydrogen (secondary N) is 1. The Hall–Kier alpha value is -2.42. The average molecular weight is 372 g/mol. The number of amides is 1. The Morgan fingerprint density at radius 1 is 1.20 bits per heavy atom. The first kappa shape index (κ1) is 18.9. The summed E-state index contributed by atoms with van der Waals surface area (Å²) in [6, 6.07) is 15.2. The molecule has 0 aliphatic rings. The number of hydrogen-bond acceptors (Lipinski definition) is 4. The van der Waals surface area contributed by atoms with Crippen molar-refractivity contribution in [3.8, 4) is 6.07 Å². The van der Waals surface area contributed by atoms with Crippen molar-refractivity contribution in [1.29, 1.82) is 5.26 Å². The van der Waals surface area contributed by atoms with Gasteiger partial charge in [0.15, 0.2) is 0 Å². The molecule has 4 nitrogen and oxygen atoms in total. The van der Waals surface area contributed by atoms with Crippen LogP contribution in [0.1, 0.15) is 16.7 Å². The number of benzene rings is 2. The molecule has 0 fully saturated rings. The maximum Gasteiger partial charge on any atom is 0.262 e. The van der Waals surface area contributed by atoms with Gasteiger partial charge in [0.25, 0.3) is 5.91 Å². The maximum atomic E-state index is 11.6. The summed E-state index contributed by atoms with van der Waals surface area (Å²) in [6.45, 7) is 4.03. The normalized spacial score (nSPS) is 11.4. The van der Waals surface area contributed by atoms with Gasteiger partial charge in [-0.3, -0.25) is 4.79 Å². The lowest BCUT2D eigenvalue weighted by molar-refractivity contribution is -0.114. The van der Waals surface area contributed by atoms with Crippen LogP contribution >= 0.6 is 23.4 Å². The first-order valence-electron chi connectivity index (χ1n) is 7.56. The molecule has 0 saturated heterocycles. The molecule has 0 atom stereocenters. The van der Waals surface area contributed by atoms with Crippen LogP contribution in [0.3, 0.4) is 0 Å². The maximum absolute atomic E-state index is 11.6. The van der Waals surface area contributed by atoms with Crippen LogP contribution in [0.4, 0.5) is 5.69 Å². The molecule has 0 saturated carbocycles. The van der Waals surface area contributed by atoms with Crippen LogP contribution in [0, 0.1) is 25.2 Å². The Balaban J connectivity index is 2.27. The summed E-state index contributed by atoms with van der Waals surface area (Å²) < 4.78 is 0. The van der Waals surface area contributed by atoms with Crippen LogP contribution in [0.15, 0.2) is 53.1 Å². The summed E-state index contributed by atoms with van der Waals surface area (Å²) in [4.78, 5) is 11.6. The lowest BCUT2D eigenvalue weighted by atomic mass is 10.1. The molecule has 2 aromatic carbocycles. The summed E-state index contributed by atoms with van der Waals surface area (Å²) >= 11 is 7.24. The second kappa shape index (κ2) is 8.61. The number of nitrogens with two attached hydrogens (primary N) is 1. The molecule has 0 bridgehead atoms. The van der Waals surface area contributed by atoms with Crippen molar-refractivity contribution < 1.29 is 4.79 Å². The van der Waals surface area contributed by atoms with E-state index in [-0.39, 0.29) is 5.57 Å². The minimum Gasteiger partial charge on any atom is -0.365 e. The number of nitriles is 1. The van der Waals surface area contributed by atoms with Crippen molar-refractivity contribution in [2.75, 3.05) is 5.32 Å². The molecule has 0 unspecified atom stereocenters. The number of nitrogens with zero attached hydrogens (tertiary/aromatic N) is 1. The molecule has 0 aliphatic carbocycles. The van der Waals surface area contributed by atoms with Gasteiger partial charge in [0.1, 0.15) is 11.6 Å². The Kier molecular flexibility index (Phi) is 6.51. The number of hydrogen-bond donors (Lipinski definition) is 2. The van der Waals surface area contributed by atoms with E-state index in [1.807, 2.05) is 50.2 Å². The minimum atomic E-state index is -0.752. The van der Waals surface area contributed by atoms with E-state index in [4.69, 9.17) is 17.3 Å². The van der Waals surface area contributed by atoms with Crippen molar-refractivity contribution >= 4 is 35.0 Å². The van der Waals surface area contributed by atoms with Crippen LogP contribution in [0.2, 0.25) is 5.02 Å². The van der Waals surface area contributed by atoms with E-state index < -0.39 is 5.91 Å². The molecule has 2 aromatic rings. The highest BCUT2D eigenvalue weighted by atomic mass is 35.5. The van der Waals surface area contributed by atoms with Crippen LogP contribution in [-0.4, -0.2) is 5.91 Å². The molecule has 0 radical (unpaired) electrons. The third-order valence-electron chi connectivity index (χ3n) is 3.65. The smallest absolute Gasteiger partial charge is 0.262 e. The van der Waals surface area contributed by atoms with Gasteiger partial charge in [-0.1, -0.05) is 29.8 Å². The van der Waals surface area contributed by atoms with Gasteiger partial charge in [-0.15, -0.1) is 11.8 Å². The molecule has 3 N–H and O–H groups in total. The lowest BCUT2D eigenvalue weighted by Gasteiger charge is -2.13. The highest BCUT2D eigenvalue weighted by molar-refractivity contribution is 8.02. The van der Waals surface area contributed by atoms with Crippen LogP contribution in [0.5, 0.6) is 0 Å². The van der Waals surface area contributed by atoms with E-state index in [0.29, 0.717) is 15.8 Å². The van der Waals surface area contributed by atoms with E-state index >= 15 is 0 Å². The van der Waals surface area contributed by atoms with Gasteiger partial charge in [0, 0.05) is 16.5 Å². The number of aryl methyl sites for hydroxylation is 2. The van der Waals surface area contributed by atoms with Gasteiger partial charge in [-0.25, -0.2) is 0 Å². The fraction of sp³-hybridized carbons (Fsp3) is 0.158. The fourth-order valence-electron chi connectivity index (χ4n) is 2.07. The number of anilines is 1. The van der Waals surface area contributed by atoms with Crippen LogP contribution in [-0.2, 0) is 10.5 Å². The number of thioether (sulfide) groups is 1. The third-order valence-corrected chi connectivity index (χ3v) is 4.97. The molecule has 0 aromatic heterocycles. The summed E-state index contributed by atoms with van der Waals surface area (Å²) in [7, 11) is 0. The number of carbonyl (C=O) groups is 1. The van der Waals surface area contributed by atoms with E-state index in [9.17, 15) is 10.1 Å². The van der Waals surface area contributed by atoms with Crippen molar-refractivity contribution in [2.24, 2.45) is 5.73 Å². The second-order valence-corrected chi connectivity index (χ2v) is 6.94. The quantitative estimate of drug-likeness (QED) is 0.577. The standard InChI is InChI=1S/C19H18ClN3OS/c1-12-3-8-16(9-13(12)2)23-19(17(10-21)18(22)24)25-11-14-4-6-15(20)7-5-14/h3-9,23H,11H2,1-2H3,(H2,22,24)/b19-17+. The van der Waals surface area contributed by atoms with Gasteiger partial charge >= 0.3 is 0 Å². The van der Waals surface area contributed by atoms with Gasteiger partial charge in [0.05, 0.1) is 5.03 Å². The molecule has 25 heavy (non-hydrogen) atoms. The predicted molar refractivity (Wildman–Crippen MR) is 104 cm³/mol. The first-order valence-corrected chi connectivity index (χ1v) is 8.92. The Morgan fingerprint density at radius 3 is 2.44 bits per heavy atom. The molecule has 1 amide bonds. The Labute approximate surface area is 156 Å². The second-order valence-electron chi connectivity index (χ2n) is 5.52. The zero-order valence-electron chi connectivity index (χ0n) is 14.0. The molecule has 6 heteroatoms. The van der Waals surface area contributed by atoms with Crippen LogP contribution < -0.4 is 11.1 Å². The number of primary amides is 1. The number of carbonyl (C=O) groups excluding carboxylic acids is 1. The monoisotopic (exact) mass is 371 g/mol. The van der Waals surface area contributed by atoms with Crippen molar-refractivity contribution in [2.45, 2.75) is 19.6 Å². The Morgan fingerprint density at radius 2 is 1.88 bits per heavy atom. The summed E-state index contributed by atoms with van der Waals surface area (Å²) in [5, 5.41) is 13.5. The lowest BCUT2D eigenvalue weighted by Crippen LogP contribution is -2.16. The number of halogens is 1. The molecule has 2 rings (SSSR count). The Bertz CT molecular complexity index is 854. The summed E-state index contributed by atoms with van der Waals surface area (Å²) in [6.07, 6.45) is 0. The van der Waals surface area contributed by atoms with E-state index in [1.165, 1.54) is 17.3 Å².